The average molecular weight is 547 g/mol. The molecule has 7 heteroatoms. The third-order valence-electron chi connectivity index (χ3n) is 7.10. The summed E-state index contributed by atoms with van der Waals surface area (Å²) in [7, 11) is -3.23. The van der Waals surface area contributed by atoms with Gasteiger partial charge in [0.2, 0.25) is 0 Å². The maximum Gasteiger partial charge on any atom is 0.327 e. The summed E-state index contributed by atoms with van der Waals surface area (Å²) in [6.07, 6.45) is 15.7. The van der Waals surface area contributed by atoms with E-state index in [2.05, 4.69) is 55.4 Å². The van der Waals surface area contributed by atoms with Gasteiger partial charge in [0.25, 0.3) is 0 Å². The van der Waals surface area contributed by atoms with Crippen molar-refractivity contribution in [2.45, 2.75) is 155 Å². The molecule has 0 aliphatic heterocycles. The van der Waals surface area contributed by atoms with E-state index in [1.54, 1.807) is 0 Å². The summed E-state index contributed by atoms with van der Waals surface area (Å²) in [6, 6.07) is 0. The van der Waals surface area contributed by atoms with Crippen LogP contribution < -0.4 is 0 Å². The summed E-state index contributed by atoms with van der Waals surface area (Å²) >= 11 is 0. The zero-order chi connectivity index (χ0) is 27.3. The summed E-state index contributed by atoms with van der Waals surface area (Å²) in [5, 5.41) is 0.352. The van der Waals surface area contributed by atoms with E-state index in [9.17, 15) is 4.79 Å². The van der Waals surface area contributed by atoms with Crippen LogP contribution in [0.4, 0.5) is 0 Å². The molecule has 0 aromatic rings. The number of hydrogen-bond donors (Lipinski definition) is 0. The number of hydrogen-bond acceptors (Lipinski definition) is 5. The molecular formula is C29H62O5Si2. The fourth-order valence-corrected chi connectivity index (χ4v) is 8.92. The summed E-state index contributed by atoms with van der Waals surface area (Å²) < 4.78 is 23.8. The number of carbonyl (C=O) groups excluding carboxylic acids is 1. The Morgan fingerprint density at radius 2 is 0.778 bits per heavy atom. The Bertz CT molecular complexity index is 472. The number of carbonyl (C=O) groups is 1. The third-order valence-corrected chi connectivity index (χ3v) is 12.8. The van der Waals surface area contributed by atoms with Crippen LogP contribution in [0.1, 0.15) is 145 Å². The van der Waals surface area contributed by atoms with Crippen LogP contribution in [-0.4, -0.2) is 50.8 Å². The molecule has 0 rings (SSSR count). The van der Waals surface area contributed by atoms with Gasteiger partial charge in [-0.1, -0.05) is 79.1 Å². The van der Waals surface area contributed by atoms with Crippen molar-refractivity contribution in [3.05, 3.63) is 0 Å². The first-order chi connectivity index (χ1) is 17.1. The normalized spacial score (nSPS) is 12.7. The van der Waals surface area contributed by atoms with E-state index in [0.717, 1.165) is 52.1 Å². The van der Waals surface area contributed by atoms with Gasteiger partial charge in [-0.25, -0.2) is 0 Å². The molecule has 0 saturated carbocycles. The van der Waals surface area contributed by atoms with E-state index >= 15 is 0 Å². The summed E-state index contributed by atoms with van der Waals surface area (Å²) in [6.45, 7) is 20.4. The van der Waals surface area contributed by atoms with Crippen molar-refractivity contribution in [1.29, 1.82) is 0 Å². The molecule has 0 fully saturated rings. The van der Waals surface area contributed by atoms with Crippen LogP contribution in [-0.2, 0) is 22.5 Å². The van der Waals surface area contributed by atoms with Crippen molar-refractivity contribution in [3.63, 3.8) is 0 Å². The Labute approximate surface area is 228 Å². The van der Waals surface area contributed by atoms with Gasteiger partial charge in [-0.05, 0) is 53.4 Å². The quantitative estimate of drug-likeness (QED) is 0.0809. The van der Waals surface area contributed by atoms with E-state index in [-0.39, 0.29) is 10.1 Å². The van der Waals surface area contributed by atoms with Crippen LogP contribution in [0, 0.1) is 0 Å². The third kappa shape index (κ3) is 17.5. The standard InChI is InChI=1S/C29H62O5Si2/c1-9-31-35(32-10-2)28(5,6)25-21-17-13-15-19-23-27(30)24-20-16-14-18-22-26-29(7,8)36(33-11-3)34-12-4/h35-36H,9-26H2,1-8H3. The second-order valence-electron chi connectivity index (χ2n) is 11.5. The van der Waals surface area contributed by atoms with Crippen molar-refractivity contribution in [1.82, 2.24) is 0 Å². The molecule has 0 N–H and O–H groups in total. The minimum Gasteiger partial charge on any atom is -0.397 e. The van der Waals surface area contributed by atoms with E-state index in [0.29, 0.717) is 5.78 Å². The lowest BCUT2D eigenvalue weighted by Crippen LogP contribution is -2.35. The maximum atomic E-state index is 12.2. The van der Waals surface area contributed by atoms with Crippen LogP contribution in [0.5, 0.6) is 0 Å². The average Bonchev–Trinajstić information content (AvgIpc) is 2.82. The van der Waals surface area contributed by atoms with Gasteiger partial charge >= 0.3 is 18.6 Å². The van der Waals surface area contributed by atoms with Crippen molar-refractivity contribution >= 4 is 24.4 Å². The highest BCUT2D eigenvalue weighted by Gasteiger charge is 2.34. The molecule has 0 aromatic heterocycles. The lowest BCUT2D eigenvalue weighted by molar-refractivity contribution is -0.119. The largest absolute Gasteiger partial charge is 0.397 e. The molecular weight excluding hydrogens is 484 g/mol. The SMILES string of the molecule is CCO[SiH](OCC)C(C)(C)CCCCCCCC(=O)CCCCCCCC(C)(C)[SiH](OCC)OCC. The smallest absolute Gasteiger partial charge is 0.327 e. The predicted molar refractivity (Wildman–Crippen MR) is 159 cm³/mol. The molecule has 0 aliphatic carbocycles. The molecule has 0 heterocycles. The second kappa shape index (κ2) is 21.8. The molecule has 0 unspecified atom stereocenters. The van der Waals surface area contributed by atoms with Crippen LogP contribution in [0.3, 0.4) is 0 Å². The molecule has 0 spiro atoms. The fraction of sp³-hybridized carbons (Fsp3) is 0.966. The summed E-state index contributed by atoms with van der Waals surface area (Å²) in [5.74, 6) is 0.460. The first-order valence-electron chi connectivity index (χ1n) is 15.1. The van der Waals surface area contributed by atoms with Crippen LogP contribution >= 0.6 is 0 Å². The van der Waals surface area contributed by atoms with Crippen LogP contribution in [0.2, 0.25) is 10.1 Å². The maximum absolute atomic E-state index is 12.2. The van der Waals surface area contributed by atoms with Crippen molar-refractivity contribution in [2.24, 2.45) is 0 Å². The van der Waals surface area contributed by atoms with E-state index in [1.165, 1.54) is 64.2 Å². The van der Waals surface area contributed by atoms with Crippen molar-refractivity contribution < 1.29 is 22.5 Å². The van der Waals surface area contributed by atoms with E-state index < -0.39 is 18.6 Å². The Morgan fingerprint density at radius 3 is 1.08 bits per heavy atom. The molecule has 0 aromatic carbocycles. The van der Waals surface area contributed by atoms with E-state index in [1.807, 2.05) is 0 Å². The summed E-state index contributed by atoms with van der Waals surface area (Å²) in [5.41, 5.74) is 0. The zero-order valence-corrected chi connectivity index (χ0v) is 27.7. The highest BCUT2D eigenvalue weighted by Crippen LogP contribution is 2.37. The zero-order valence-electron chi connectivity index (χ0n) is 25.4. The van der Waals surface area contributed by atoms with Crippen LogP contribution in [0.15, 0.2) is 0 Å². The molecule has 0 radical (unpaired) electrons. The lowest BCUT2D eigenvalue weighted by Gasteiger charge is -2.31. The van der Waals surface area contributed by atoms with Crippen molar-refractivity contribution in [3.8, 4) is 0 Å². The predicted octanol–water partition coefficient (Wildman–Crippen LogP) is 8.16. The van der Waals surface area contributed by atoms with Crippen molar-refractivity contribution in [2.75, 3.05) is 26.4 Å². The molecule has 0 amide bonds. The fourth-order valence-electron chi connectivity index (χ4n) is 4.83. The van der Waals surface area contributed by atoms with Crippen LogP contribution in [0.25, 0.3) is 0 Å². The first kappa shape index (κ1) is 35.9. The minimum atomic E-state index is -1.61. The summed E-state index contributed by atoms with van der Waals surface area (Å²) in [4.78, 5) is 12.2. The van der Waals surface area contributed by atoms with Gasteiger partial charge in [0, 0.05) is 49.3 Å². The Morgan fingerprint density at radius 1 is 0.500 bits per heavy atom. The minimum absolute atomic E-state index is 0.176. The van der Waals surface area contributed by atoms with Gasteiger partial charge in [0.1, 0.15) is 5.78 Å². The Kier molecular flexibility index (Phi) is 21.8. The van der Waals surface area contributed by atoms with E-state index in [4.69, 9.17) is 17.7 Å². The number of unbranched alkanes of at least 4 members (excludes halogenated alkanes) is 8. The van der Waals surface area contributed by atoms with Gasteiger partial charge in [-0.15, -0.1) is 0 Å². The van der Waals surface area contributed by atoms with Gasteiger partial charge in [-0.2, -0.15) is 0 Å². The highest BCUT2D eigenvalue weighted by atomic mass is 28.3. The number of rotatable bonds is 26. The van der Waals surface area contributed by atoms with Gasteiger partial charge in [0.05, 0.1) is 0 Å². The molecule has 5 nitrogen and oxygen atoms in total. The molecule has 0 bridgehead atoms. The molecule has 216 valence electrons. The van der Waals surface area contributed by atoms with Gasteiger partial charge < -0.3 is 17.7 Å². The topological polar surface area (TPSA) is 54.0 Å². The Hall–Kier alpha value is -0.0562. The Balaban J connectivity index is 3.78. The molecule has 0 saturated heterocycles. The monoisotopic (exact) mass is 546 g/mol. The lowest BCUT2D eigenvalue weighted by atomic mass is 10.0. The van der Waals surface area contributed by atoms with Gasteiger partial charge in [-0.3, -0.25) is 4.79 Å². The number of Topliss-reactive ketones (excluding diaryl/α,β-unsaturated/α-hetero) is 1. The number of ketones is 1. The highest BCUT2D eigenvalue weighted by molar-refractivity contribution is 6.48. The molecule has 36 heavy (non-hydrogen) atoms. The molecule has 0 atom stereocenters. The van der Waals surface area contributed by atoms with Gasteiger partial charge in [0.15, 0.2) is 0 Å². The second-order valence-corrected chi connectivity index (χ2v) is 17.3. The molecule has 0 aliphatic rings. The first-order valence-corrected chi connectivity index (χ1v) is 18.2.